The Kier molecular flexibility index (Phi) is 9.00. The number of fused-ring (bicyclic) bond motifs is 7. The minimum absolute atomic E-state index is 0.552. The highest BCUT2D eigenvalue weighted by atomic mass is 16.6. The molecule has 13 rings (SSSR count). The Morgan fingerprint density at radius 1 is 0.299 bits per heavy atom. The molecule has 2 aliphatic rings. The third-order valence-electron chi connectivity index (χ3n) is 13.3. The molecule has 0 saturated heterocycles. The fraction of sp³-hybridized carbons (Fsp3) is 0.0161. The van der Waals surface area contributed by atoms with Gasteiger partial charge in [0.05, 0.1) is 5.41 Å². The molecular weight excluding hydrogens is 819 g/mol. The number of hydrogen-bond acceptors (Lipinski definition) is 5. The highest BCUT2D eigenvalue weighted by molar-refractivity contribution is 6.04. The minimum atomic E-state index is -0.552. The molecule has 1 aliphatic heterocycles. The zero-order valence-corrected chi connectivity index (χ0v) is 36.2. The number of nitrogens with zero attached hydrogens (tertiary/aromatic N) is 3. The molecule has 0 unspecified atom stereocenters. The maximum absolute atomic E-state index is 7.06. The zero-order chi connectivity index (χ0) is 44.3. The molecule has 5 nitrogen and oxygen atoms in total. The number of ether oxygens (including phenoxy) is 2. The second kappa shape index (κ2) is 15.7. The van der Waals surface area contributed by atoms with E-state index in [4.69, 9.17) is 24.4 Å². The number of aromatic nitrogens is 3. The summed E-state index contributed by atoms with van der Waals surface area (Å²) in [6.07, 6.45) is 0. The standard InChI is InChI=1S/C62H39N3O2/c1-5-19-40(20-6-1)46-35-36-50(49-30-14-13-29-48(46)49)61-64-59(41-21-7-2-8-22-41)63-60(65-61)43-24-17-23-42(39-43)47-32-18-34-54-57(47)66-55-38-37-53-56(58(55)67-54)51-31-15-16-33-52(51)62(53,44-25-9-3-10-26-44)45-27-11-4-12-28-45/h1-39H. The molecule has 1 aliphatic carbocycles. The number of benzene rings is 10. The van der Waals surface area contributed by atoms with E-state index < -0.39 is 5.41 Å². The highest BCUT2D eigenvalue weighted by Gasteiger charge is 2.48. The molecule has 0 N–H and O–H groups in total. The van der Waals surface area contributed by atoms with Crippen molar-refractivity contribution in [3.8, 4) is 90.5 Å². The Morgan fingerprint density at radius 2 is 0.806 bits per heavy atom. The van der Waals surface area contributed by atoms with Crippen LogP contribution in [0.3, 0.4) is 0 Å². The van der Waals surface area contributed by atoms with Crippen LogP contribution in [0.5, 0.6) is 23.0 Å². The van der Waals surface area contributed by atoms with Gasteiger partial charge in [-0.25, -0.2) is 15.0 Å². The van der Waals surface area contributed by atoms with Crippen molar-refractivity contribution >= 4 is 10.8 Å². The Bertz CT molecular complexity index is 3650. The van der Waals surface area contributed by atoms with Crippen LogP contribution in [0.1, 0.15) is 22.3 Å². The van der Waals surface area contributed by atoms with Crippen molar-refractivity contribution in [2.45, 2.75) is 5.41 Å². The van der Waals surface area contributed by atoms with Gasteiger partial charge in [-0.3, -0.25) is 0 Å². The van der Waals surface area contributed by atoms with Gasteiger partial charge in [-0.1, -0.05) is 212 Å². The van der Waals surface area contributed by atoms with E-state index in [2.05, 4.69) is 182 Å². The van der Waals surface area contributed by atoms with Gasteiger partial charge in [0.1, 0.15) is 0 Å². The lowest BCUT2D eigenvalue weighted by Gasteiger charge is -2.34. The van der Waals surface area contributed by atoms with Gasteiger partial charge < -0.3 is 9.47 Å². The van der Waals surface area contributed by atoms with Crippen LogP contribution in [-0.4, -0.2) is 15.0 Å². The summed E-state index contributed by atoms with van der Waals surface area (Å²) in [6.45, 7) is 0. The molecule has 0 fully saturated rings. The summed E-state index contributed by atoms with van der Waals surface area (Å²) in [4.78, 5) is 15.5. The summed E-state index contributed by atoms with van der Waals surface area (Å²) in [5.41, 5.74) is 13.2. The fourth-order valence-corrected chi connectivity index (χ4v) is 10.3. The summed E-state index contributed by atoms with van der Waals surface area (Å²) in [5.74, 6) is 4.47. The molecule has 11 aromatic rings. The monoisotopic (exact) mass is 857 g/mol. The molecule has 314 valence electrons. The Labute approximate surface area is 388 Å². The third kappa shape index (κ3) is 6.20. The summed E-state index contributed by atoms with van der Waals surface area (Å²) < 4.78 is 14.1. The second-order valence-electron chi connectivity index (χ2n) is 17.0. The van der Waals surface area contributed by atoms with Crippen LogP contribution in [0.4, 0.5) is 0 Å². The van der Waals surface area contributed by atoms with Gasteiger partial charge in [0.2, 0.25) is 0 Å². The molecule has 0 amide bonds. The Balaban J connectivity index is 0.920. The second-order valence-corrected chi connectivity index (χ2v) is 17.0. The minimum Gasteiger partial charge on any atom is -0.449 e. The molecule has 5 heteroatoms. The van der Waals surface area contributed by atoms with E-state index in [-0.39, 0.29) is 0 Å². The number of hydrogen-bond donors (Lipinski definition) is 0. The van der Waals surface area contributed by atoms with Crippen LogP contribution in [0.2, 0.25) is 0 Å². The molecule has 67 heavy (non-hydrogen) atoms. The van der Waals surface area contributed by atoms with Gasteiger partial charge in [-0.15, -0.1) is 0 Å². The predicted octanol–water partition coefficient (Wildman–Crippen LogP) is 15.6. The maximum atomic E-state index is 7.06. The first-order chi connectivity index (χ1) is 33.2. The van der Waals surface area contributed by atoms with Gasteiger partial charge in [0.25, 0.3) is 0 Å². The predicted molar refractivity (Wildman–Crippen MR) is 268 cm³/mol. The van der Waals surface area contributed by atoms with Crippen molar-refractivity contribution in [2.24, 2.45) is 0 Å². The third-order valence-corrected chi connectivity index (χ3v) is 13.3. The first kappa shape index (κ1) is 38.5. The lowest BCUT2D eigenvalue weighted by Crippen LogP contribution is -2.28. The molecule has 10 aromatic carbocycles. The van der Waals surface area contributed by atoms with E-state index in [1.165, 1.54) is 16.7 Å². The topological polar surface area (TPSA) is 57.1 Å². The average molecular weight is 858 g/mol. The van der Waals surface area contributed by atoms with E-state index in [0.29, 0.717) is 40.5 Å². The van der Waals surface area contributed by atoms with Gasteiger partial charge in [-0.2, -0.15) is 0 Å². The highest BCUT2D eigenvalue weighted by Crippen LogP contribution is 2.62. The molecule has 1 aromatic heterocycles. The van der Waals surface area contributed by atoms with Gasteiger partial charge in [0.15, 0.2) is 40.5 Å². The van der Waals surface area contributed by atoms with Crippen LogP contribution in [0.25, 0.3) is 78.3 Å². The largest absolute Gasteiger partial charge is 0.449 e. The maximum Gasteiger partial charge on any atom is 0.178 e. The van der Waals surface area contributed by atoms with Crippen molar-refractivity contribution in [1.29, 1.82) is 0 Å². The molecule has 2 heterocycles. The smallest absolute Gasteiger partial charge is 0.178 e. The van der Waals surface area contributed by atoms with Crippen LogP contribution in [-0.2, 0) is 5.41 Å². The van der Waals surface area contributed by atoms with E-state index in [9.17, 15) is 0 Å². The van der Waals surface area contributed by atoms with E-state index in [0.717, 1.165) is 66.4 Å². The van der Waals surface area contributed by atoms with Crippen molar-refractivity contribution in [1.82, 2.24) is 15.0 Å². The fourth-order valence-electron chi connectivity index (χ4n) is 10.3. The van der Waals surface area contributed by atoms with Crippen LogP contribution < -0.4 is 9.47 Å². The quantitative estimate of drug-likeness (QED) is 0.160. The number of rotatable bonds is 7. The molecule has 0 radical (unpaired) electrons. The van der Waals surface area contributed by atoms with Gasteiger partial charge >= 0.3 is 0 Å². The van der Waals surface area contributed by atoms with Crippen LogP contribution >= 0.6 is 0 Å². The summed E-state index contributed by atoms with van der Waals surface area (Å²) in [5, 5.41) is 2.21. The van der Waals surface area contributed by atoms with Crippen molar-refractivity contribution in [3.05, 3.63) is 259 Å². The summed E-state index contributed by atoms with van der Waals surface area (Å²) in [7, 11) is 0. The van der Waals surface area contributed by atoms with Crippen molar-refractivity contribution in [2.75, 3.05) is 0 Å². The van der Waals surface area contributed by atoms with Gasteiger partial charge in [0, 0.05) is 27.8 Å². The summed E-state index contributed by atoms with van der Waals surface area (Å²) >= 11 is 0. The van der Waals surface area contributed by atoms with E-state index >= 15 is 0 Å². The average Bonchev–Trinajstić information content (AvgIpc) is 3.72. The van der Waals surface area contributed by atoms with E-state index in [1.54, 1.807) is 0 Å². The first-order valence-corrected chi connectivity index (χ1v) is 22.6. The molecule has 0 saturated carbocycles. The Hall–Kier alpha value is -8.93. The normalized spacial score (nSPS) is 12.8. The van der Waals surface area contributed by atoms with E-state index in [1.807, 2.05) is 54.6 Å². The van der Waals surface area contributed by atoms with Crippen molar-refractivity contribution < 1.29 is 9.47 Å². The molecule has 0 spiro atoms. The SMILES string of the molecule is c1ccc(-c2nc(-c3cccc(-c4cccc5c4Oc4ccc6c(c4O5)-c4ccccc4C6(c4ccccc4)c4ccccc4)c3)nc(-c3ccc(-c4ccccc4)c4ccccc34)n2)cc1. The van der Waals surface area contributed by atoms with Crippen molar-refractivity contribution in [3.63, 3.8) is 0 Å². The lowest BCUT2D eigenvalue weighted by molar-refractivity contribution is 0.361. The Morgan fingerprint density at radius 3 is 1.54 bits per heavy atom. The zero-order valence-electron chi connectivity index (χ0n) is 36.2. The molecule has 0 bridgehead atoms. The number of para-hydroxylation sites is 1. The van der Waals surface area contributed by atoms with Crippen LogP contribution in [0.15, 0.2) is 237 Å². The summed E-state index contributed by atoms with van der Waals surface area (Å²) in [6, 6.07) is 82.4. The molecule has 0 atom stereocenters. The van der Waals surface area contributed by atoms with Gasteiger partial charge in [-0.05, 0) is 79.5 Å². The molecular formula is C62H39N3O2. The lowest BCUT2D eigenvalue weighted by atomic mass is 9.68. The first-order valence-electron chi connectivity index (χ1n) is 22.6. The van der Waals surface area contributed by atoms with Crippen LogP contribution in [0, 0.1) is 0 Å².